The van der Waals surface area contributed by atoms with E-state index in [9.17, 15) is 4.79 Å². The van der Waals surface area contributed by atoms with Crippen molar-refractivity contribution in [1.82, 2.24) is 0 Å². The summed E-state index contributed by atoms with van der Waals surface area (Å²) >= 11 is 0. The molecule has 1 aliphatic heterocycles. The van der Waals surface area contributed by atoms with Gasteiger partial charge in [-0.3, -0.25) is 4.79 Å². The lowest BCUT2D eigenvalue weighted by molar-refractivity contribution is 0.101. The number of hydrogen-bond acceptors (Lipinski definition) is 4. The van der Waals surface area contributed by atoms with Crippen molar-refractivity contribution in [2.75, 3.05) is 14.2 Å². The fraction of sp³-hybridized carbons (Fsp3) is 0.118. The first-order chi connectivity index (χ1) is 10.2. The predicted octanol–water partition coefficient (Wildman–Crippen LogP) is 3.32. The molecular weight excluding hydrogens is 268 g/mol. The molecule has 0 N–H and O–H groups in total. The highest BCUT2D eigenvalue weighted by Crippen LogP contribution is 2.35. The van der Waals surface area contributed by atoms with Crippen LogP contribution in [-0.4, -0.2) is 20.0 Å². The van der Waals surface area contributed by atoms with Crippen molar-refractivity contribution < 1.29 is 19.0 Å². The average Bonchev–Trinajstić information content (AvgIpc) is 2.83. The normalized spacial score (nSPS) is 14.8. The van der Waals surface area contributed by atoms with Gasteiger partial charge in [0.2, 0.25) is 5.78 Å². The Hall–Kier alpha value is -2.75. The topological polar surface area (TPSA) is 44.8 Å². The van der Waals surface area contributed by atoms with Gasteiger partial charge < -0.3 is 14.2 Å². The summed E-state index contributed by atoms with van der Waals surface area (Å²) in [6, 6.07) is 12.6. The molecule has 0 unspecified atom stereocenters. The van der Waals surface area contributed by atoms with Gasteiger partial charge in [0.1, 0.15) is 17.2 Å². The molecule has 1 aliphatic rings. The monoisotopic (exact) mass is 282 g/mol. The van der Waals surface area contributed by atoms with Crippen LogP contribution in [0.5, 0.6) is 17.2 Å². The number of ether oxygens (including phenoxy) is 3. The number of methoxy groups -OCH3 is 2. The summed E-state index contributed by atoms with van der Waals surface area (Å²) < 4.78 is 16.0. The zero-order chi connectivity index (χ0) is 14.8. The summed E-state index contributed by atoms with van der Waals surface area (Å²) in [5, 5.41) is 0. The number of benzene rings is 2. The van der Waals surface area contributed by atoms with E-state index in [1.165, 1.54) is 0 Å². The van der Waals surface area contributed by atoms with E-state index in [1.54, 1.807) is 38.5 Å². The summed E-state index contributed by atoms with van der Waals surface area (Å²) in [5.41, 5.74) is 1.33. The number of carbonyl (C=O) groups excluding carboxylic acids is 1. The number of allylic oxidation sites excluding steroid dienone is 1. The number of rotatable bonds is 3. The van der Waals surface area contributed by atoms with Crippen LogP contribution in [0, 0.1) is 0 Å². The number of Topliss-reactive ketones (excluding diaryl/α,β-unsaturated/α-hetero) is 1. The van der Waals surface area contributed by atoms with Crippen molar-refractivity contribution in [2.24, 2.45) is 0 Å². The molecule has 0 aromatic heterocycles. The second kappa shape index (κ2) is 5.32. The lowest BCUT2D eigenvalue weighted by atomic mass is 10.1. The van der Waals surface area contributed by atoms with Gasteiger partial charge in [0.05, 0.1) is 19.8 Å². The summed E-state index contributed by atoms with van der Waals surface area (Å²) in [7, 11) is 3.17. The van der Waals surface area contributed by atoms with Gasteiger partial charge in [0.25, 0.3) is 0 Å². The molecule has 0 bridgehead atoms. The summed E-state index contributed by atoms with van der Waals surface area (Å²) in [6.07, 6.45) is 1.69. The third-order valence-corrected chi connectivity index (χ3v) is 3.30. The molecular formula is C17H14O4. The molecule has 3 rings (SSSR count). The van der Waals surface area contributed by atoms with Crippen LogP contribution in [0.1, 0.15) is 15.9 Å². The van der Waals surface area contributed by atoms with Crippen LogP contribution in [0.15, 0.2) is 48.2 Å². The number of ketones is 1. The number of hydrogen-bond donors (Lipinski definition) is 0. The Morgan fingerprint density at radius 3 is 2.62 bits per heavy atom. The van der Waals surface area contributed by atoms with Gasteiger partial charge >= 0.3 is 0 Å². The molecule has 0 spiro atoms. The van der Waals surface area contributed by atoms with Crippen molar-refractivity contribution in [1.29, 1.82) is 0 Å². The number of para-hydroxylation sites is 1. The molecule has 4 heteroatoms. The van der Waals surface area contributed by atoms with Gasteiger partial charge in [0, 0.05) is 11.6 Å². The second-order valence-corrected chi connectivity index (χ2v) is 4.54. The molecule has 0 saturated carbocycles. The number of fused-ring (bicyclic) bond motifs is 1. The molecule has 0 atom stereocenters. The van der Waals surface area contributed by atoms with E-state index >= 15 is 0 Å². The third-order valence-electron chi connectivity index (χ3n) is 3.30. The predicted molar refractivity (Wildman–Crippen MR) is 78.9 cm³/mol. The Balaban J connectivity index is 1.99. The molecule has 21 heavy (non-hydrogen) atoms. The first kappa shape index (κ1) is 13.2. The van der Waals surface area contributed by atoms with Crippen molar-refractivity contribution in [3.63, 3.8) is 0 Å². The lowest BCUT2D eigenvalue weighted by Gasteiger charge is -2.04. The Morgan fingerprint density at radius 2 is 1.86 bits per heavy atom. The molecule has 1 heterocycles. The van der Waals surface area contributed by atoms with Gasteiger partial charge in [0.15, 0.2) is 5.76 Å². The van der Waals surface area contributed by atoms with Crippen molar-refractivity contribution in [3.05, 3.63) is 59.4 Å². The van der Waals surface area contributed by atoms with Crippen LogP contribution >= 0.6 is 0 Å². The highest BCUT2D eigenvalue weighted by molar-refractivity contribution is 6.14. The first-order valence-electron chi connectivity index (χ1n) is 6.48. The van der Waals surface area contributed by atoms with Crippen molar-refractivity contribution in [3.8, 4) is 17.2 Å². The molecule has 0 fully saturated rings. The second-order valence-electron chi connectivity index (χ2n) is 4.54. The van der Waals surface area contributed by atoms with Crippen LogP contribution in [0.2, 0.25) is 0 Å². The van der Waals surface area contributed by atoms with Gasteiger partial charge in [-0.1, -0.05) is 18.2 Å². The Bertz CT molecular complexity index is 731. The van der Waals surface area contributed by atoms with Crippen LogP contribution in [0.25, 0.3) is 6.08 Å². The smallest absolute Gasteiger partial charge is 0.231 e. The van der Waals surface area contributed by atoms with E-state index in [4.69, 9.17) is 14.2 Å². The van der Waals surface area contributed by atoms with Gasteiger partial charge in [-0.15, -0.1) is 0 Å². The highest BCUT2D eigenvalue weighted by Gasteiger charge is 2.27. The van der Waals surface area contributed by atoms with Gasteiger partial charge in [-0.25, -0.2) is 0 Å². The minimum atomic E-state index is -0.140. The molecule has 0 amide bonds. The van der Waals surface area contributed by atoms with Crippen molar-refractivity contribution in [2.45, 2.75) is 0 Å². The van der Waals surface area contributed by atoms with E-state index in [0.29, 0.717) is 22.8 Å². The Kier molecular flexibility index (Phi) is 3.36. The maximum Gasteiger partial charge on any atom is 0.231 e. The minimum absolute atomic E-state index is 0.140. The zero-order valence-corrected chi connectivity index (χ0v) is 11.8. The van der Waals surface area contributed by atoms with E-state index in [2.05, 4.69) is 0 Å². The molecule has 0 radical (unpaired) electrons. The van der Waals surface area contributed by atoms with E-state index in [0.717, 1.165) is 5.56 Å². The van der Waals surface area contributed by atoms with E-state index in [1.807, 2.05) is 24.3 Å². The first-order valence-corrected chi connectivity index (χ1v) is 6.48. The van der Waals surface area contributed by atoms with E-state index < -0.39 is 0 Å². The summed E-state index contributed by atoms with van der Waals surface area (Å²) in [4.78, 5) is 12.3. The quantitative estimate of drug-likeness (QED) is 0.810. The maximum atomic E-state index is 12.3. The average molecular weight is 282 g/mol. The summed E-state index contributed by atoms with van der Waals surface area (Å²) in [6.45, 7) is 0. The fourth-order valence-corrected chi connectivity index (χ4v) is 2.22. The standard InChI is InChI=1S/C17H14O4/c1-19-12-7-8-13-15(10-12)21-16(17(13)18)9-11-5-3-4-6-14(11)20-2/h3-10H,1-2H3/b16-9-. The molecule has 0 aliphatic carbocycles. The van der Waals surface area contributed by atoms with Crippen LogP contribution in [0.3, 0.4) is 0 Å². The summed E-state index contributed by atoms with van der Waals surface area (Å²) in [5.74, 6) is 2.00. The van der Waals surface area contributed by atoms with E-state index in [-0.39, 0.29) is 11.5 Å². The molecule has 2 aromatic rings. The maximum absolute atomic E-state index is 12.3. The van der Waals surface area contributed by atoms with Gasteiger partial charge in [-0.05, 0) is 24.3 Å². The molecule has 0 saturated heterocycles. The van der Waals surface area contributed by atoms with Gasteiger partial charge in [-0.2, -0.15) is 0 Å². The zero-order valence-electron chi connectivity index (χ0n) is 11.8. The van der Waals surface area contributed by atoms with Crippen LogP contribution in [-0.2, 0) is 0 Å². The minimum Gasteiger partial charge on any atom is -0.497 e. The largest absolute Gasteiger partial charge is 0.497 e. The third kappa shape index (κ3) is 2.36. The Labute approximate surface area is 122 Å². The molecule has 2 aromatic carbocycles. The molecule has 106 valence electrons. The lowest BCUT2D eigenvalue weighted by Crippen LogP contribution is -1.98. The fourth-order valence-electron chi connectivity index (χ4n) is 2.22. The SMILES string of the molecule is COc1ccc2c(c1)O/C(=C\c1ccccc1OC)C2=O. The highest BCUT2D eigenvalue weighted by atomic mass is 16.5. The van der Waals surface area contributed by atoms with Crippen LogP contribution in [0.4, 0.5) is 0 Å². The van der Waals surface area contributed by atoms with Crippen LogP contribution < -0.4 is 14.2 Å². The number of carbonyl (C=O) groups is 1. The van der Waals surface area contributed by atoms with Crippen molar-refractivity contribution >= 4 is 11.9 Å². The Morgan fingerprint density at radius 1 is 1.05 bits per heavy atom. The molecule has 4 nitrogen and oxygen atoms in total.